The molecular formula is C15H21NO4. The van der Waals surface area contributed by atoms with Gasteiger partial charge in [-0.25, -0.2) is 4.79 Å². The van der Waals surface area contributed by atoms with Crippen LogP contribution in [0.5, 0.6) is 5.75 Å². The molecule has 0 spiro atoms. The highest BCUT2D eigenvalue weighted by atomic mass is 16.5. The summed E-state index contributed by atoms with van der Waals surface area (Å²) in [5.41, 5.74) is 1.02. The summed E-state index contributed by atoms with van der Waals surface area (Å²) in [6.45, 7) is 5.83. The molecule has 0 saturated carbocycles. The first kappa shape index (κ1) is 16.0. The lowest BCUT2D eigenvalue weighted by Crippen LogP contribution is -2.40. The standard InChI is InChI=1S/C15H21NO4/c1-4-19-15(18)12(3)16-14(17)9-10-20-13-8-6-5-7-11(13)2/h5-8,12H,4,9-10H2,1-3H3,(H,16,17). The molecule has 0 bridgehead atoms. The maximum atomic E-state index is 11.6. The fraction of sp³-hybridized carbons (Fsp3) is 0.467. The Morgan fingerprint density at radius 1 is 1.30 bits per heavy atom. The van der Waals surface area contributed by atoms with Gasteiger partial charge in [0.05, 0.1) is 19.6 Å². The molecule has 5 heteroatoms. The minimum atomic E-state index is -0.638. The Morgan fingerprint density at radius 3 is 2.65 bits per heavy atom. The summed E-state index contributed by atoms with van der Waals surface area (Å²) in [6.07, 6.45) is 0.193. The second kappa shape index (κ2) is 8.19. The summed E-state index contributed by atoms with van der Waals surface area (Å²) >= 11 is 0. The smallest absolute Gasteiger partial charge is 0.328 e. The lowest BCUT2D eigenvalue weighted by Gasteiger charge is -2.13. The summed E-state index contributed by atoms with van der Waals surface area (Å²) in [4.78, 5) is 23.0. The van der Waals surface area contributed by atoms with Crippen LogP contribution in [0.15, 0.2) is 24.3 Å². The van der Waals surface area contributed by atoms with Crippen LogP contribution in [0, 0.1) is 6.92 Å². The first-order chi connectivity index (χ1) is 9.54. The Hall–Kier alpha value is -2.04. The predicted octanol–water partition coefficient (Wildman–Crippen LogP) is 1.83. The van der Waals surface area contributed by atoms with E-state index in [9.17, 15) is 9.59 Å². The highest BCUT2D eigenvalue weighted by Gasteiger charge is 2.16. The number of amides is 1. The van der Waals surface area contributed by atoms with E-state index in [1.54, 1.807) is 13.8 Å². The van der Waals surface area contributed by atoms with Crippen LogP contribution in [0.3, 0.4) is 0 Å². The van der Waals surface area contributed by atoms with Crippen molar-refractivity contribution in [2.45, 2.75) is 33.2 Å². The largest absolute Gasteiger partial charge is 0.493 e. The van der Waals surface area contributed by atoms with E-state index in [2.05, 4.69) is 5.32 Å². The van der Waals surface area contributed by atoms with Crippen molar-refractivity contribution in [3.8, 4) is 5.75 Å². The quantitative estimate of drug-likeness (QED) is 0.773. The van der Waals surface area contributed by atoms with Crippen molar-refractivity contribution in [3.63, 3.8) is 0 Å². The highest BCUT2D eigenvalue weighted by molar-refractivity contribution is 5.84. The van der Waals surface area contributed by atoms with Crippen LogP contribution >= 0.6 is 0 Å². The number of ether oxygens (including phenoxy) is 2. The van der Waals surface area contributed by atoms with E-state index in [1.807, 2.05) is 31.2 Å². The van der Waals surface area contributed by atoms with Gasteiger partial charge in [-0.2, -0.15) is 0 Å². The van der Waals surface area contributed by atoms with E-state index in [0.717, 1.165) is 11.3 Å². The third-order valence-electron chi connectivity index (χ3n) is 2.70. The number of rotatable bonds is 7. The Labute approximate surface area is 119 Å². The van der Waals surface area contributed by atoms with Crippen molar-refractivity contribution in [3.05, 3.63) is 29.8 Å². The number of hydrogen-bond acceptors (Lipinski definition) is 4. The van der Waals surface area contributed by atoms with Crippen molar-refractivity contribution in [1.29, 1.82) is 0 Å². The van der Waals surface area contributed by atoms with E-state index < -0.39 is 12.0 Å². The molecule has 1 N–H and O–H groups in total. The minimum absolute atomic E-state index is 0.193. The second-order valence-corrected chi connectivity index (χ2v) is 4.41. The third kappa shape index (κ3) is 5.30. The average molecular weight is 279 g/mol. The molecule has 1 aromatic carbocycles. The Bertz CT molecular complexity index is 459. The van der Waals surface area contributed by atoms with Gasteiger partial charge in [-0.15, -0.1) is 0 Å². The summed E-state index contributed by atoms with van der Waals surface area (Å²) in [7, 11) is 0. The average Bonchev–Trinajstić information content (AvgIpc) is 2.41. The number of nitrogens with one attached hydrogen (secondary N) is 1. The molecular weight excluding hydrogens is 258 g/mol. The van der Waals surface area contributed by atoms with Gasteiger partial charge in [0.15, 0.2) is 0 Å². The lowest BCUT2D eigenvalue weighted by atomic mass is 10.2. The number of carbonyl (C=O) groups excluding carboxylic acids is 2. The SMILES string of the molecule is CCOC(=O)C(C)NC(=O)CCOc1ccccc1C. The second-order valence-electron chi connectivity index (χ2n) is 4.41. The van der Waals surface area contributed by atoms with Gasteiger partial charge in [0.2, 0.25) is 5.91 Å². The van der Waals surface area contributed by atoms with Gasteiger partial charge in [-0.1, -0.05) is 18.2 Å². The van der Waals surface area contributed by atoms with Crippen LogP contribution < -0.4 is 10.1 Å². The summed E-state index contributed by atoms with van der Waals surface area (Å²) < 4.78 is 10.3. The van der Waals surface area contributed by atoms with Gasteiger partial charge in [0, 0.05) is 0 Å². The van der Waals surface area contributed by atoms with Gasteiger partial charge in [-0.05, 0) is 32.4 Å². The van der Waals surface area contributed by atoms with Crippen LogP contribution in [0.1, 0.15) is 25.8 Å². The predicted molar refractivity (Wildman–Crippen MR) is 75.5 cm³/mol. The van der Waals surface area contributed by atoms with Gasteiger partial charge < -0.3 is 14.8 Å². The van der Waals surface area contributed by atoms with Gasteiger partial charge in [0.1, 0.15) is 11.8 Å². The van der Waals surface area contributed by atoms with Crippen LogP contribution in [-0.4, -0.2) is 31.1 Å². The molecule has 20 heavy (non-hydrogen) atoms. The molecule has 0 saturated heterocycles. The Balaban J connectivity index is 2.30. The first-order valence-corrected chi connectivity index (χ1v) is 6.69. The fourth-order valence-electron chi connectivity index (χ4n) is 1.61. The number of para-hydroxylation sites is 1. The number of hydrogen-bond donors (Lipinski definition) is 1. The fourth-order valence-corrected chi connectivity index (χ4v) is 1.61. The van der Waals surface area contributed by atoms with E-state index in [4.69, 9.17) is 9.47 Å². The lowest BCUT2D eigenvalue weighted by molar-refractivity contribution is -0.146. The van der Waals surface area contributed by atoms with Crippen molar-refractivity contribution in [1.82, 2.24) is 5.32 Å². The van der Waals surface area contributed by atoms with Crippen molar-refractivity contribution < 1.29 is 19.1 Å². The Kier molecular flexibility index (Phi) is 6.56. The third-order valence-corrected chi connectivity index (χ3v) is 2.70. The molecule has 0 aliphatic rings. The van der Waals surface area contributed by atoms with Crippen molar-refractivity contribution in [2.24, 2.45) is 0 Å². The molecule has 0 radical (unpaired) electrons. The summed E-state index contributed by atoms with van der Waals surface area (Å²) in [5, 5.41) is 2.57. The molecule has 1 rings (SSSR count). The summed E-state index contributed by atoms with van der Waals surface area (Å²) in [5.74, 6) is 0.0959. The molecule has 1 atom stereocenters. The number of carbonyl (C=O) groups is 2. The number of benzene rings is 1. The topological polar surface area (TPSA) is 64.6 Å². The van der Waals surface area contributed by atoms with Crippen LogP contribution in [0.25, 0.3) is 0 Å². The van der Waals surface area contributed by atoms with Gasteiger partial charge >= 0.3 is 5.97 Å². The van der Waals surface area contributed by atoms with Gasteiger partial charge in [-0.3, -0.25) is 4.79 Å². The highest BCUT2D eigenvalue weighted by Crippen LogP contribution is 2.16. The zero-order valence-corrected chi connectivity index (χ0v) is 12.1. The zero-order chi connectivity index (χ0) is 15.0. The molecule has 0 aliphatic heterocycles. The zero-order valence-electron chi connectivity index (χ0n) is 12.1. The molecule has 0 fully saturated rings. The van der Waals surface area contributed by atoms with Crippen LogP contribution in [-0.2, 0) is 14.3 Å². The molecule has 110 valence electrons. The molecule has 0 aromatic heterocycles. The van der Waals surface area contributed by atoms with Crippen molar-refractivity contribution in [2.75, 3.05) is 13.2 Å². The molecule has 0 heterocycles. The molecule has 1 aromatic rings. The number of esters is 1. The van der Waals surface area contributed by atoms with Crippen LogP contribution in [0.2, 0.25) is 0 Å². The maximum absolute atomic E-state index is 11.6. The monoisotopic (exact) mass is 279 g/mol. The van der Waals surface area contributed by atoms with E-state index in [1.165, 1.54) is 0 Å². The first-order valence-electron chi connectivity index (χ1n) is 6.69. The van der Waals surface area contributed by atoms with E-state index >= 15 is 0 Å². The normalized spacial score (nSPS) is 11.6. The maximum Gasteiger partial charge on any atom is 0.328 e. The van der Waals surface area contributed by atoms with Crippen LogP contribution in [0.4, 0.5) is 0 Å². The molecule has 0 aliphatic carbocycles. The molecule has 1 unspecified atom stereocenters. The van der Waals surface area contributed by atoms with E-state index in [-0.39, 0.29) is 18.9 Å². The minimum Gasteiger partial charge on any atom is -0.493 e. The molecule has 1 amide bonds. The van der Waals surface area contributed by atoms with E-state index in [0.29, 0.717) is 6.61 Å². The van der Waals surface area contributed by atoms with Crippen molar-refractivity contribution >= 4 is 11.9 Å². The molecule has 5 nitrogen and oxygen atoms in total. The number of aryl methyl sites for hydroxylation is 1. The van der Waals surface area contributed by atoms with Gasteiger partial charge in [0.25, 0.3) is 0 Å². The summed E-state index contributed by atoms with van der Waals surface area (Å²) in [6, 6.07) is 6.97. The Morgan fingerprint density at radius 2 is 2.00 bits per heavy atom.